The molecule has 0 radical (unpaired) electrons. The molecule has 1 aliphatic heterocycles. The third-order valence-corrected chi connectivity index (χ3v) is 15.4. The Balaban J connectivity index is 0.00000141. The summed E-state index contributed by atoms with van der Waals surface area (Å²) in [5.74, 6) is -10.2. The second kappa shape index (κ2) is 28.3. The average Bonchev–Trinajstić information content (AvgIpc) is 1.74. The van der Waals surface area contributed by atoms with Crippen molar-refractivity contribution >= 4 is 68.9 Å². The van der Waals surface area contributed by atoms with E-state index in [4.69, 9.17) is 43.1 Å². The largest absolute Gasteiger partial charge is 0.542 e. The van der Waals surface area contributed by atoms with Gasteiger partial charge in [-0.15, -0.1) is 0 Å². The molecule has 23 nitrogen and oxygen atoms in total. The number of hydrogen-bond donors (Lipinski definition) is 3. The molecule has 2 aliphatic rings. The average molecular weight is 1270 g/mol. The topological polar surface area (TPSA) is 303 Å². The summed E-state index contributed by atoms with van der Waals surface area (Å²) >= 11 is 0. The number of carbonyl (C=O) groups excluding carboxylic acids is 8. The number of esters is 4. The van der Waals surface area contributed by atoms with Gasteiger partial charge in [0.15, 0.2) is 18.3 Å². The second-order valence-corrected chi connectivity index (χ2v) is 21.9. The van der Waals surface area contributed by atoms with Crippen LogP contribution in [0, 0.1) is 11.6 Å². The molecule has 0 bridgehead atoms. The normalized spacial score (nSPS) is 16.8. The van der Waals surface area contributed by atoms with Gasteiger partial charge in [0, 0.05) is 58.3 Å². The molecule has 9 rings (SSSR count). The molecule has 0 unspecified atom stereocenters. The maximum atomic E-state index is 13.8. The van der Waals surface area contributed by atoms with Gasteiger partial charge in [0.1, 0.15) is 55.1 Å². The number of carboxylic acid groups (broad SMARTS) is 1. The van der Waals surface area contributed by atoms with E-state index in [1.54, 1.807) is 47.3 Å². The lowest BCUT2D eigenvalue weighted by Crippen LogP contribution is -2.64. The summed E-state index contributed by atoms with van der Waals surface area (Å²) in [5.41, 5.74) is 6.20. The maximum absolute atomic E-state index is 13.8. The lowest BCUT2D eigenvalue weighted by molar-refractivity contribution is -0.661. The molecule has 3 amide bonds. The van der Waals surface area contributed by atoms with Crippen molar-refractivity contribution in [2.24, 2.45) is 0 Å². The minimum Gasteiger partial charge on any atom is -0.542 e. The Morgan fingerprint density at radius 1 is 0.711 bits per heavy atom. The number of pyridine rings is 1. The van der Waals surface area contributed by atoms with Crippen molar-refractivity contribution in [2.75, 3.05) is 25.6 Å². The maximum Gasteiger partial charge on any atom is 0.430 e. The molecule has 472 valence electrons. The predicted octanol–water partition coefficient (Wildman–Crippen LogP) is 5.55. The van der Waals surface area contributed by atoms with Crippen LogP contribution in [0.4, 0.5) is 32.4 Å². The van der Waals surface area contributed by atoms with Crippen molar-refractivity contribution in [2.45, 2.75) is 92.9 Å². The number of carboxylic acids is 1. The zero-order valence-corrected chi connectivity index (χ0v) is 48.6. The fraction of sp³-hybridized carbons (Fsp3) is 0.262. The van der Waals surface area contributed by atoms with Crippen LogP contribution in [0.15, 0.2) is 150 Å². The Morgan fingerprint density at radius 3 is 1.90 bits per heavy atom. The van der Waals surface area contributed by atoms with Crippen LogP contribution in [0.2, 0.25) is 0 Å². The molecule has 1 fully saturated rings. The van der Waals surface area contributed by atoms with E-state index in [9.17, 15) is 63.9 Å². The number of alkyl halides is 3. The van der Waals surface area contributed by atoms with Crippen molar-refractivity contribution in [3.63, 3.8) is 0 Å². The Morgan fingerprint density at radius 2 is 1.30 bits per heavy atom. The number of hydrogen-bond acceptors (Lipinski definition) is 18. The molecule has 3 heterocycles. The number of aromatic nitrogens is 2. The van der Waals surface area contributed by atoms with E-state index in [-0.39, 0.29) is 60.5 Å². The number of imidazole rings is 1. The first-order valence-electron chi connectivity index (χ1n) is 27.0. The molecule has 0 spiro atoms. The van der Waals surface area contributed by atoms with Crippen LogP contribution in [0.1, 0.15) is 65.7 Å². The van der Waals surface area contributed by atoms with E-state index in [1.165, 1.54) is 30.3 Å². The van der Waals surface area contributed by atoms with Gasteiger partial charge in [-0.2, -0.15) is 13.2 Å². The lowest BCUT2D eigenvalue weighted by atomic mass is 9.97. The molecule has 90 heavy (non-hydrogen) atoms. The third-order valence-electron chi connectivity index (χ3n) is 13.7. The molecule has 5 aromatic carbocycles. The standard InChI is InChI=1S/C59H53F2N5O16S.C2HF3O2/c1-33(67)78-52-53(79-34(2)68)55(80-35(3)69)58(82-54(52)57(72)76-4)81-49-19-15-37(25-48(49)64-50(70)21-22-62-59(73)77-32-47-45-11-7-5-9-43(45)44-10-6-8-12-46(44)47)30-65-23-24-66-31-38(16-20-51(65)66)56(71)63-29-36-13-17-41(18-14-36)83(74,75)42-27-39(60)26-40(61)28-42;3-2(4,5)1(6)7/h5-20,23-28,31,47,52-55,58H,21-22,29-30,32H2,1-4H3,(H2-,62,63,64,70,71,73);(H,6,7)/t52-,53-,54-,55+,58+;/m0./s1. The Bertz CT molecular complexity index is 3950. The van der Waals surface area contributed by atoms with Gasteiger partial charge in [0.25, 0.3) is 11.6 Å². The summed E-state index contributed by atoms with van der Waals surface area (Å²) in [6.07, 6.45) is -9.77. The number of methoxy groups -OCH3 is 1. The lowest BCUT2D eigenvalue weighted by Gasteiger charge is -2.43. The van der Waals surface area contributed by atoms with E-state index < -0.39 is 111 Å². The molecule has 2 aromatic heterocycles. The number of fused-ring (bicyclic) bond motifs is 4. The summed E-state index contributed by atoms with van der Waals surface area (Å²) in [6.45, 7) is 3.19. The molecule has 1 saturated heterocycles. The van der Waals surface area contributed by atoms with Gasteiger partial charge < -0.3 is 59.0 Å². The minimum absolute atomic E-state index is 0.00977. The Labute approximate surface area is 508 Å². The summed E-state index contributed by atoms with van der Waals surface area (Å²) in [5, 5.41) is 17.0. The monoisotopic (exact) mass is 1270 g/mol. The van der Waals surface area contributed by atoms with Gasteiger partial charge in [-0.05, 0) is 75.8 Å². The number of nitrogens with one attached hydrogen (secondary N) is 3. The molecule has 1 aliphatic carbocycles. The van der Waals surface area contributed by atoms with Gasteiger partial charge in [0.2, 0.25) is 28.1 Å². The van der Waals surface area contributed by atoms with Crippen molar-refractivity contribution in [1.82, 2.24) is 15.0 Å². The highest BCUT2D eigenvalue weighted by atomic mass is 32.2. The molecular weight excluding hydrogens is 1220 g/mol. The second-order valence-electron chi connectivity index (χ2n) is 20.0. The molecule has 3 N–H and O–H groups in total. The highest BCUT2D eigenvalue weighted by molar-refractivity contribution is 7.91. The van der Waals surface area contributed by atoms with Crippen LogP contribution < -0.4 is 30.4 Å². The third kappa shape index (κ3) is 16.1. The summed E-state index contributed by atoms with van der Waals surface area (Å²) in [7, 11) is -3.19. The minimum atomic E-state index is -5.19. The van der Waals surface area contributed by atoms with Crippen molar-refractivity contribution < 1.29 is 112 Å². The smallest absolute Gasteiger partial charge is 0.430 e. The summed E-state index contributed by atoms with van der Waals surface area (Å²) in [4.78, 5) is 98.9. The molecule has 7 aromatic rings. The Kier molecular flexibility index (Phi) is 20.6. The fourth-order valence-electron chi connectivity index (χ4n) is 9.77. The number of nitrogens with zero attached hydrogens (tertiary/aromatic N) is 2. The van der Waals surface area contributed by atoms with Gasteiger partial charge in [-0.3, -0.25) is 24.0 Å². The number of ether oxygens (including phenoxy) is 7. The first-order chi connectivity index (χ1) is 42.7. The van der Waals surface area contributed by atoms with Gasteiger partial charge in [-0.25, -0.2) is 35.8 Å². The van der Waals surface area contributed by atoms with Crippen LogP contribution in [-0.4, -0.2) is 118 Å². The molecule has 0 saturated carbocycles. The highest BCUT2D eigenvalue weighted by Gasteiger charge is 2.56. The van der Waals surface area contributed by atoms with E-state index >= 15 is 0 Å². The highest BCUT2D eigenvalue weighted by Crippen LogP contribution is 2.44. The first kappa shape index (κ1) is 65.7. The Hall–Kier alpha value is -10.3. The van der Waals surface area contributed by atoms with Crippen LogP contribution in [0.3, 0.4) is 0 Å². The van der Waals surface area contributed by atoms with Crippen molar-refractivity contribution in [1.29, 1.82) is 0 Å². The van der Waals surface area contributed by atoms with Gasteiger partial charge in [0.05, 0.1) is 28.2 Å². The summed E-state index contributed by atoms with van der Waals surface area (Å²) in [6, 6.07) is 31.2. The van der Waals surface area contributed by atoms with Crippen LogP contribution in [-0.2, 0) is 80.1 Å². The number of alkyl carbamates (subject to hydrolysis) is 1. The van der Waals surface area contributed by atoms with Crippen LogP contribution >= 0.6 is 0 Å². The van der Waals surface area contributed by atoms with Gasteiger partial charge >= 0.3 is 36.1 Å². The number of rotatable bonds is 19. The fourth-order valence-corrected chi connectivity index (χ4v) is 11.1. The SMILES string of the molecule is COC(=O)[C@H]1O[C@@H](Oc2ccc(C[n+]3ccn4cc(C(=O)NCc5ccc(S(=O)(=O)c6cc(F)cc(F)c6)cc5)ccc43)cc2NC(=O)CCNC(=O)OCC2c3ccccc3-c3ccccc32)[C@H](OC(C)=O)[C@@H](OC(C)=O)[C@@H]1OC(C)=O.O=C([O-])C(F)(F)F. The molecule has 29 heteroatoms. The number of aliphatic carboxylic acids is 1. The number of sulfone groups is 1. The van der Waals surface area contributed by atoms with Crippen LogP contribution in [0.5, 0.6) is 5.75 Å². The summed E-state index contributed by atoms with van der Waals surface area (Å²) < 4.78 is 128. The quantitative estimate of drug-likeness (QED) is 0.0387. The zero-order valence-electron chi connectivity index (χ0n) is 47.8. The van der Waals surface area contributed by atoms with E-state index in [1.807, 2.05) is 53.1 Å². The number of carbonyl (C=O) groups is 8. The number of halogens is 5. The van der Waals surface area contributed by atoms with Crippen LogP contribution in [0.25, 0.3) is 16.8 Å². The molecule has 5 atom stereocenters. The first-order valence-corrected chi connectivity index (χ1v) is 28.5. The number of amides is 3. The zero-order chi connectivity index (χ0) is 65.2. The predicted molar refractivity (Wildman–Crippen MR) is 298 cm³/mol. The van der Waals surface area contributed by atoms with E-state index in [0.29, 0.717) is 22.8 Å². The van der Waals surface area contributed by atoms with E-state index in [0.717, 1.165) is 62.3 Å². The number of benzene rings is 5. The number of anilines is 1. The van der Waals surface area contributed by atoms with Crippen molar-refractivity contribution in [3.05, 3.63) is 179 Å². The molecular formula is C61H54F5N5O18S. The van der Waals surface area contributed by atoms with Gasteiger partial charge in [-0.1, -0.05) is 66.7 Å². The van der Waals surface area contributed by atoms with E-state index in [2.05, 4.69) is 16.0 Å². The van der Waals surface area contributed by atoms with Crippen molar-refractivity contribution in [3.8, 4) is 16.9 Å².